The summed E-state index contributed by atoms with van der Waals surface area (Å²) in [7, 11) is -2.01. The fraction of sp³-hybridized carbons (Fsp3) is 0.591. The summed E-state index contributed by atoms with van der Waals surface area (Å²) in [6.45, 7) is 1.19. The Balaban J connectivity index is 1.44. The number of nitrogens with one attached hydrogen (secondary N) is 3. The van der Waals surface area contributed by atoms with Crippen molar-refractivity contribution in [1.82, 2.24) is 15.5 Å². The van der Waals surface area contributed by atoms with Crippen LogP contribution in [0, 0.1) is 0 Å². The minimum atomic E-state index is -3.84. The monoisotopic (exact) mass is 463 g/mol. The van der Waals surface area contributed by atoms with Crippen molar-refractivity contribution in [2.75, 3.05) is 25.5 Å². The van der Waals surface area contributed by atoms with Gasteiger partial charge in [-0.2, -0.15) is 8.42 Å². The van der Waals surface area contributed by atoms with Crippen molar-refractivity contribution >= 4 is 33.5 Å². The fourth-order valence-electron chi connectivity index (χ4n) is 3.99. The number of urea groups is 1. The Bertz CT molecular complexity index is 941. The van der Waals surface area contributed by atoms with Crippen molar-refractivity contribution in [3.8, 4) is 0 Å². The molecule has 0 unspecified atom stereocenters. The van der Waals surface area contributed by atoms with Gasteiger partial charge in [0, 0.05) is 44.7 Å². The van der Waals surface area contributed by atoms with Gasteiger partial charge in [0.1, 0.15) is 5.84 Å². The van der Waals surface area contributed by atoms with Gasteiger partial charge in [-0.15, -0.1) is 4.40 Å². The number of rotatable bonds is 8. The highest BCUT2D eigenvalue weighted by molar-refractivity contribution is 7.90. The quantitative estimate of drug-likeness (QED) is 0.512. The maximum absolute atomic E-state index is 12.6. The Morgan fingerprint density at radius 3 is 2.66 bits per heavy atom. The first kappa shape index (κ1) is 24.0. The molecule has 1 aliphatic carbocycles. The van der Waals surface area contributed by atoms with Crippen molar-refractivity contribution in [1.29, 1.82) is 0 Å². The maximum atomic E-state index is 12.6. The van der Waals surface area contributed by atoms with Crippen LogP contribution in [0.15, 0.2) is 33.6 Å². The zero-order chi connectivity index (χ0) is 23.0. The van der Waals surface area contributed by atoms with E-state index in [9.17, 15) is 18.0 Å². The number of hydrogen-bond acceptors (Lipinski definition) is 4. The molecule has 0 atom stereocenters. The van der Waals surface area contributed by atoms with E-state index in [1.54, 1.807) is 12.1 Å². The number of sulfonamides is 1. The zero-order valence-electron chi connectivity index (χ0n) is 18.6. The van der Waals surface area contributed by atoms with Gasteiger partial charge in [0.2, 0.25) is 5.91 Å². The van der Waals surface area contributed by atoms with Crippen molar-refractivity contribution in [3.05, 3.63) is 24.3 Å². The summed E-state index contributed by atoms with van der Waals surface area (Å²) in [6, 6.07) is 6.17. The smallest absolute Gasteiger partial charge is 0.315 e. The molecule has 2 fully saturated rings. The molecule has 2 aliphatic rings. The van der Waals surface area contributed by atoms with Gasteiger partial charge in [-0.3, -0.25) is 4.79 Å². The molecular weight excluding hydrogens is 430 g/mol. The van der Waals surface area contributed by atoms with E-state index in [0.29, 0.717) is 30.9 Å². The number of likely N-dealkylation sites (tertiary alicyclic amines) is 1. The minimum Gasteiger partial charge on any atom is -0.362 e. The number of hydrogen-bond donors (Lipinski definition) is 3. The molecule has 1 aliphatic heterocycles. The average Bonchev–Trinajstić information content (AvgIpc) is 3.16. The highest BCUT2D eigenvalue weighted by Gasteiger charge is 2.20. The van der Waals surface area contributed by atoms with Gasteiger partial charge >= 0.3 is 6.03 Å². The number of amides is 3. The predicted molar refractivity (Wildman–Crippen MR) is 124 cm³/mol. The molecule has 0 spiro atoms. The van der Waals surface area contributed by atoms with E-state index in [-0.39, 0.29) is 29.3 Å². The van der Waals surface area contributed by atoms with Crippen LogP contribution in [0.25, 0.3) is 0 Å². The summed E-state index contributed by atoms with van der Waals surface area (Å²) in [4.78, 5) is 26.0. The Kier molecular flexibility index (Phi) is 8.49. The number of nitrogens with zero attached hydrogens (tertiary/aromatic N) is 2. The van der Waals surface area contributed by atoms with Crippen molar-refractivity contribution in [2.45, 2.75) is 68.7 Å². The van der Waals surface area contributed by atoms with Crippen LogP contribution in [0.4, 0.5) is 10.5 Å². The SMILES string of the molecule is CN1CCCC1=NS(=O)(=O)c1cccc(NC(=O)CCCNC(=O)NC2CCCCC2)c1. The van der Waals surface area contributed by atoms with E-state index >= 15 is 0 Å². The standard InChI is InChI=1S/C22H33N5O4S/c1-27-15-7-12-20(27)26-32(30,31)19-11-5-10-18(16-19)24-21(28)13-6-14-23-22(29)25-17-8-3-2-4-9-17/h5,10-11,16-17H,2-4,6-9,12-15H2,1H3,(H,24,28)(H2,23,25,29). The van der Waals surface area contributed by atoms with Crippen molar-refractivity contribution < 1.29 is 18.0 Å². The Morgan fingerprint density at radius 1 is 1.16 bits per heavy atom. The van der Waals surface area contributed by atoms with Gasteiger partial charge in [-0.1, -0.05) is 25.3 Å². The van der Waals surface area contributed by atoms with Crippen molar-refractivity contribution in [3.63, 3.8) is 0 Å². The third kappa shape index (κ3) is 7.22. The Hall–Kier alpha value is -2.62. The average molecular weight is 464 g/mol. The van der Waals surface area contributed by atoms with Crippen LogP contribution in [0.5, 0.6) is 0 Å². The Labute approximate surface area is 190 Å². The predicted octanol–water partition coefficient (Wildman–Crippen LogP) is 2.85. The molecule has 176 valence electrons. The maximum Gasteiger partial charge on any atom is 0.315 e. The lowest BCUT2D eigenvalue weighted by Crippen LogP contribution is -2.43. The Morgan fingerprint density at radius 2 is 1.94 bits per heavy atom. The first-order chi connectivity index (χ1) is 15.3. The van der Waals surface area contributed by atoms with Gasteiger partial charge < -0.3 is 20.9 Å². The molecule has 0 aromatic heterocycles. The minimum absolute atomic E-state index is 0.0455. The lowest BCUT2D eigenvalue weighted by atomic mass is 9.96. The number of anilines is 1. The lowest BCUT2D eigenvalue weighted by Gasteiger charge is -2.22. The first-order valence-electron chi connectivity index (χ1n) is 11.3. The molecular formula is C22H33N5O4S. The molecule has 1 saturated heterocycles. The molecule has 32 heavy (non-hydrogen) atoms. The molecule has 0 bridgehead atoms. The van der Waals surface area contributed by atoms with Crippen LogP contribution in [-0.4, -0.2) is 57.3 Å². The lowest BCUT2D eigenvalue weighted by molar-refractivity contribution is -0.116. The molecule has 3 N–H and O–H groups in total. The summed E-state index contributed by atoms with van der Waals surface area (Å²) in [6.07, 6.45) is 7.81. The van der Waals surface area contributed by atoms with E-state index in [1.165, 1.54) is 18.6 Å². The summed E-state index contributed by atoms with van der Waals surface area (Å²) >= 11 is 0. The first-order valence-corrected chi connectivity index (χ1v) is 12.8. The molecule has 9 nitrogen and oxygen atoms in total. The second kappa shape index (κ2) is 11.3. The molecule has 3 amide bonds. The van der Waals surface area contributed by atoms with Crippen LogP contribution in [-0.2, 0) is 14.8 Å². The summed E-state index contributed by atoms with van der Waals surface area (Å²) in [5.74, 6) is 0.315. The number of benzene rings is 1. The van der Waals surface area contributed by atoms with E-state index in [2.05, 4.69) is 20.3 Å². The second-order valence-electron chi connectivity index (χ2n) is 8.42. The van der Waals surface area contributed by atoms with E-state index < -0.39 is 10.0 Å². The highest BCUT2D eigenvalue weighted by Crippen LogP contribution is 2.20. The number of amidine groups is 1. The van der Waals surface area contributed by atoms with E-state index in [0.717, 1.165) is 38.6 Å². The van der Waals surface area contributed by atoms with E-state index in [4.69, 9.17) is 0 Å². The number of carbonyl (C=O) groups is 2. The molecule has 0 radical (unpaired) electrons. The van der Waals surface area contributed by atoms with Gasteiger partial charge in [0.15, 0.2) is 0 Å². The molecule has 1 aromatic carbocycles. The topological polar surface area (TPSA) is 120 Å². The zero-order valence-corrected chi connectivity index (χ0v) is 19.4. The third-order valence-corrected chi connectivity index (χ3v) is 7.08. The molecule has 3 rings (SSSR count). The van der Waals surface area contributed by atoms with Crippen LogP contribution < -0.4 is 16.0 Å². The molecule has 1 saturated carbocycles. The molecule has 10 heteroatoms. The number of carbonyl (C=O) groups excluding carboxylic acids is 2. The normalized spacial score (nSPS) is 18.5. The summed E-state index contributed by atoms with van der Waals surface area (Å²) in [5, 5.41) is 8.48. The summed E-state index contributed by atoms with van der Waals surface area (Å²) in [5.41, 5.74) is 0.402. The van der Waals surface area contributed by atoms with Gasteiger partial charge in [0.25, 0.3) is 10.0 Å². The molecule has 1 aromatic rings. The largest absolute Gasteiger partial charge is 0.362 e. The van der Waals surface area contributed by atoms with Crippen LogP contribution in [0.2, 0.25) is 0 Å². The van der Waals surface area contributed by atoms with Gasteiger partial charge in [-0.25, -0.2) is 4.79 Å². The summed E-state index contributed by atoms with van der Waals surface area (Å²) < 4.78 is 29.2. The van der Waals surface area contributed by atoms with Crippen LogP contribution in [0.3, 0.4) is 0 Å². The second-order valence-corrected chi connectivity index (χ2v) is 10.0. The van der Waals surface area contributed by atoms with Crippen molar-refractivity contribution in [2.24, 2.45) is 4.40 Å². The third-order valence-electron chi connectivity index (χ3n) is 5.78. The van der Waals surface area contributed by atoms with Gasteiger partial charge in [-0.05, 0) is 43.9 Å². The molecule has 1 heterocycles. The van der Waals surface area contributed by atoms with E-state index in [1.807, 2.05) is 11.9 Å². The fourth-order valence-corrected chi connectivity index (χ4v) is 5.13. The highest BCUT2D eigenvalue weighted by atomic mass is 32.2. The van der Waals surface area contributed by atoms with Crippen LogP contribution >= 0.6 is 0 Å². The van der Waals surface area contributed by atoms with Gasteiger partial charge in [0.05, 0.1) is 4.90 Å². The van der Waals surface area contributed by atoms with Crippen LogP contribution in [0.1, 0.15) is 57.8 Å².